The molecule has 1 aliphatic heterocycles. The van der Waals surface area contributed by atoms with Gasteiger partial charge in [0.25, 0.3) is 0 Å². The van der Waals surface area contributed by atoms with Gasteiger partial charge in [0.1, 0.15) is 13.2 Å². The van der Waals surface area contributed by atoms with Crippen molar-refractivity contribution in [3.8, 4) is 17.2 Å². The first kappa shape index (κ1) is 18.2. The van der Waals surface area contributed by atoms with E-state index < -0.39 is 0 Å². The van der Waals surface area contributed by atoms with Crippen molar-refractivity contribution in [2.75, 3.05) is 32.6 Å². The van der Waals surface area contributed by atoms with Crippen LogP contribution in [0.2, 0.25) is 0 Å². The third-order valence-electron chi connectivity index (χ3n) is 3.69. The lowest BCUT2D eigenvalue weighted by molar-refractivity contribution is -0.116. The van der Waals surface area contributed by atoms with Crippen molar-refractivity contribution in [2.45, 2.75) is 4.90 Å². The fourth-order valence-electron chi connectivity index (χ4n) is 2.48. The normalized spacial score (nSPS) is 12.8. The van der Waals surface area contributed by atoms with Crippen LogP contribution in [-0.4, -0.2) is 38.5 Å². The maximum Gasteiger partial charge on any atom is 0.244 e. The van der Waals surface area contributed by atoms with Crippen LogP contribution >= 0.6 is 11.8 Å². The van der Waals surface area contributed by atoms with Crippen LogP contribution < -0.4 is 19.5 Å². The van der Waals surface area contributed by atoms with Crippen molar-refractivity contribution >= 4 is 23.7 Å². The molecule has 0 aromatic heterocycles. The van der Waals surface area contributed by atoms with Crippen molar-refractivity contribution in [3.63, 3.8) is 0 Å². The van der Waals surface area contributed by atoms with Gasteiger partial charge in [-0.15, -0.1) is 11.8 Å². The molecule has 0 unspecified atom stereocenters. The highest BCUT2D eigenvalue weighted by atomic mass is 32.2. The zero-order chi connectivity index (χ0) is 18.2. The Kier molecular flexibility index (Phi) is 6.44. The molecule has 6 heteroatoms. The summed E-state index contributed by atoms with van der Waals surface area (Å²) in [5, 5.41) is 2.88. The number of ether oxygens (including phenoxy) is 3. The zero-order valence-corrected chi connectivity index (χ0v) is 15.4. The SMILES string of the molecule is COc1cc(/C=C/C(=O)NCCSc2ccccc2)cc2c1OCCO2. The van der Waals surface area contributed by atoms with Crippen LogP contribution in [0.4, 0.5) is 0 Å². The van der Waals surface area contributed by atoms with Gasteiger partial charge in [0, 0.05) is 23.3 Å². The monoisotopic (exact) mass is 371 g/mol. The summed E-state index contributed by atoms with van der Waals surface area (Å²) < 4.78 is 16.5. The van der Waals surface area contributed by atoms with Gasteiger partial charge >= 0.3 is 0 Å². The molecule has 0 bridgehead atoms. The third kappa shape index (κ3) is 4.95. The lowest BCUT2D eigenvalue weighted by atomic mass is 10.1. The minimum atomic E-state index is -0.132. The molecule has 5 nitrogen and oxygen atoms in total. The fourth-order valence-corrected chi connectivity index (χ4v) is 3.27. The molecule has 26 heavy (non-hydrogen) atoms. The van der Waals surface area contributed by atoms with Crippen LogP contribution in [0.3, 0.4) is 0 Å². The number of nitrogens with one attached hydrogen (secondary N) is 1. The maximum absolute atomic E-state index is 12.0. The van der Waals surface area contributed by atoms with Gasteiger partial charge in [-0.2, -0.15) is 0 Å². The van der Waals surface area contributed by atoms with Gasteiger partial charge in [0.15, 0.2) is 11.5 Å². The third-order valence-corrected chi connectivity index (χ3v) is 4.70. The average molecular weight is 371 g/mol. The summed E-state index contributed by atoms with van der Waals surface area (Å²) in [6, 6.07) is 13.8. The van der Waals surface area contributed by atoms with E-state index in [1.54, 1.807) is 24.9 Å². The number of rotatable bonds is 7. The van der Waals surface area contributed by atoms with Crippen LogP contribution in [0.1, 0.15) is 5.56 Å². The Morgan fingerprint density at radius 2 is 2.04 bits per heavy atom. The van der Waals surface area contributed by atoms with Crippen molar-refractivity contribution in [2.24, 2.45) is 0 Å². The number of amides is 1. The molecule has 1 aliphatic rings. The maximum atomic E-state index is 12.0. The van der Waals surface area contributed by atoms with Gasteiger partial charge in [-0.1, -0.05) is 18.2 Å². The first-order chi connectivity index (χ1) is 12.8. The van der Waals surface area contributed by atoms with Gasteiger partial charge in [0.05, 0.1) is 7.11 Å². The largest absolute Gasteiger partial charge is 0.493 e. The molecule has 1 amide bonds. The topological polar surface area (TPSA) is 56.8 Å². The predicted molar refractivity (Wildman–Crippen MR) is 103 cm³/mol. The molecule has 136 valence electrons. The van der Waals surface area contributed by atoms with Crippen molar-refractivity contribution in [1.82, 2.24) is 5.32 Å². The summed E-state index contributed by atoms with van der Waals surface area (Å²) >= 11 is 1.71. The number of benzene rings is 2. The van der Waals surface area contributed by atoms with E-state index in [1.165, 1.54) is 11.0 Å². The summed E-state index contributed by atoms with van der Waals surface area (Å²) in [4.78, 5) is 13.2. The van der Waals surface area contributed by atoms with Crippen molar-refractivity contribution in [1.29, 1.82) is 0 Å². The Morgan fingerprint density at radius 3 is 2.85 bits per heavy atom. The highest BCUT2D eigenvalue weighted by molar-refractivity contribution is 7.99. The van der Waals surface area contributed by atoms with Crippen molar-refractivity contribution < 1.29 is 19.0 Å². The molecular weight excluding hydrogens is 350 g/mol. The summed E-state index contributed by atoms with van der Waals surface area (Å²) in [5.41, 5.74) is 0.819. The first-order valence-electron chi connectivity index (χ1n) is 8.37. The second-order valence-electron chi connectivity index (χ2n) is 5.53. The minimum Gasteiger partial charge on any atom is -0.493 e. The van der Waals surface area contributed by atoms with Gasteiger partial charge in [-0.25, -0.2) is 0 Å². The lowest BCUT2D eigenvalue weighted by Crippen LogP contribution is -2.23. The molecule has 0 aliphatic carbocycles. The van der Waals surface area contributed by atoms with E-state index in [2.05, 4.69) is 17.4 Å². The summed E-state index contributed by atoms with van der Waals surface area (Å²) in [6.07, 6.45) is 3.25. The van der Waals surface area contributed by atoms with Crippen LogP contribution in [-0.2, 0) is 4.79 Å². The van der Waals surface area contributed by atoms with E-state index in [9.17, 15) is 4.79 Å². The van der Waals surface area contributed by atoms with Crippen LogP contribution in [0.15, 0.2) is 53.4 Å². The predicted octanol–water partition coefficient (Wildman–Crippen LogP) is 3.39. The van der Waals surface area contributed by atoms with E-state index in [-0.39, 0.29) is 5.91 Å². The molecule has 2 aromatic rings. The lowest BCUT2D eigenvalue weighted by Gasteiger charge is -2.20. The molecule has 0 atom stereocenters. The quantitative estimate of drug-likeness (QED) is 0.459. The molecule has 3 rings (SSSR count). The second-order valence-corrected chi connectivity index (χ2v) is 6.70. The highest BCUT2D eigenvalue weighted by Gasteiger charge is 2.17. The molecule has 0 fully saturated rings. The molecule has 1 heterocycles. The number of carbonyl (C=O) groups is 1. The van der Waals surface area contributed by atoms with Crippen LogP contribution in [0, 0.1) is 0 Å². The Labute approximate surface area is 157 Å². The van der Waals surface area contributed by atoms with Crippen LogP contribution in [0.5, 0.6) is 17.2 Å². The molecular formula is C20H21NO4S. The number of thioether (sulfide) groups is 1. The smallest absolute Gasteiger partial charge is 0.244 e. The molecule has 0 spiro atoms. The minimum absolute atomic E-state index is 0.132. The molecule has 2 aromatic carbocycles. The number of carbonyl (C=O) groups excluding carboxylic acids is 1. The van der Waals surface area contributed by atoms with Crippen molar-refractivity contribution in [3.05, 3.63) is 54.1 Å². The van der Waals surface area contributed by atoms with E-state index in [4.69, 9.17) is 14.2 Å². The van der Waals surface area contributed by atoms with Gasteiger partial charge in [-0.3, -0.25) is 4.79 Å². The van der Waals surface area contributed by atoms with Gasteiger partial charge in [0.2, 0.25) is 11.7 Å². The molecule has 0 saturated carbocycles. The summed E-state index contributed by atoms with van der Waals surface area (Å²) in [6.45, 7) is 1.61. The standard InChI is InChI=1S/C20H21NO4S/c1-23-17-13-15(14-18-20(17)25-11-10-24-18)7-8-19(22)21-9-12-26-16-5-3-2-4-6-16/h2-8,13-14H,9-12H2,1H3,(H,21,22)/b8-7+. The summed E-state index contributed by atoms with van der Waals surface area (Å²) in [7, 11) is 1.58. The van der Waals surface area contributed by atoms with Gasteiger partial charge < -0.3 is 19.5 Å². The highest BCUT2D eigenvalue weighted by Crippen LogP contribution is 2.40. The number of hydrogen-bond donors (Lipinski definition) is 1. The van der Waals surface area contributed by atoms with E-state index in [1.807, 2.05) is 30.3 Å². The Morgan fingerprint density at radius 1 is 1.23 bits per heavy atom. The Bertz CT molecular complexity index is 760. The number of fused-ring (bicyclic) bond motifs is 1. The fraction of sp³-hybridized carbons (Fsp3) is 0.250. The Balaban J connectivity index is 1.51. The first-order valence-corrected chi connectivity index (χ1v) is 9.36. The van der Waals surface area contributed by atoms with Gasteiger partial charge in [-0.05, 0) is 35.9 Å². The second kappa shape index (κ2) is 9.20. The summed E-state index contributed by atoms with van der Waals surface area (Å²) in [5.74, 6) is 2.53. The molecule has 0 radical (unpaired) electrons. The van der Waals surface area contributed by atoms with E-state index >= 15 is 0 Å². The number of hydrogen-bond acceptors (Lipinski definition) is 5. The Hall–Kier alpha value is -2.60. The molecule has 1 N–H and O–H groups in total. The number of methoxy groups -OCH3 is 1. The molecule has 0 saturated heterocycles. The van der Waals surface area contributed by atoms with Crippen LogP contribution in [0.25, 0.3) is 6.08 Å². The average Bonchev–Trinajstić information content (AvgIpc) is 2.69. The zero-order valence-electron chi connectivity index (χ0n) is 14.6. The van der Waals surface area contributed by atoms with E-state index in [0.717, 1.165) is 11.3 Å². The van der Waals surface area contributed by atoms with E-state index in [0.29, 0.717) is 37.0 Å².